The van der Waals surface area contributed by atoms with Gasteiger partial charge in [-0.05, 0) is 75.1 Å². The van der Waals surface area contributed by atoms with Crippen LogP contribution in [0.2, 0.25) is 0 Å². The number of benzene rings is 1. The molecule has 5 heteroatoms. The molecule has 1 aromatic carbocycles. The molecule has 2 saturated carbocycles. The van der Waals surface area contributed by atoms with Crippen LogP contribution in [0, 0.1) is 29.1 Å². The maximum Gasteiger partial charge on any atom is 0.267 e. The lowest BCUT2D eigenvalue weighted by Gasteiger charge is -2.28. The number of nitrogens with one attached hydrogen (secondary N) is 2. The lowest BCUT2D eigenvalue weighted by molar-refractivity contribution is -0.112. The summed E-state index contributed by atoms with van der Waals surface area (Å²) in [5, 5.41) is 15.4. The standard InChI is InChI=1S/C21H27N3O2/c1-3-26-19-8-6-18(7-9-19)24-21(25)17(12-22)13-23-14(2)20-11-15-4-5-16(20)10-15/h6-9,13-16,20,23H,3-5,10-11H2,1-2H3,(H,24,25)/b17-13-. The van der Waals surface area contributed by atoms with E-state index in [2.05, 4.69) is 17.6 Å². The van der Waals surface area contributed by atoms with Crippen LogP contribution in [0.1, 0.15) is 39.5 Å². The predicted molar refractivity (Wildman–Crippen MR) is 101 cm³/mol. The van der Waals surface area contributed by atoms with E-state index in [9.17, 15) is 10.1 Å². The lowest BCUT2D eigenvalue weighted by Crippen LogP contribution is -2.33. The molecular weight excluding hydrogens is 326 g/mol. The molecule has 2 N–H and O–H groups in total. The van der Waals surface area contributed by atoms with E-state index < -0.39 is 5.91 Å². The molecule has 0 aliphatic heterocycles. The van der Waals surface area contributed by atoms with Crippen molar-refractivity contribution in [2.75, 3.05) is 11.9 Å². The second-order valence-electron chi connectivity index (χ2n) is 7.38. The van der Waals surface area contributed by atoms with Crippen LogP contribution in [0.5, 0.6) is 5.75 Å². The fourth-order valence-electron chi connectivity index (χ4n) is 4.39. The molecule has 2 aliphatic rings. The molecule has 4 unspecified atom stereocenters. The number of ether oxygens (including phenoxy) is 1. The third-order valence-corrected chi connectivity index (χ3v) is 5.71. The van der Waals surface area contributed by atoms with Gasteiger partial charge in [0.05, 0.1) is 6.61 Å². The number of nitrogens with zero attached hydrogens (tertiary/aromatic N) is 1. The normalized spacial score (nSPS) is 25.4. The maximum atomic E-state index is 12.3. The Bertz CT molecular complexity index is 705. The first-order valence-electron chi connectivity index (χ1n) is 9.51. The average Bonchev–Trinajstić information content (AvgIpc) is 3.27. The van der Waals surface area contributed by atoms with Crippen molar-refractivity contribution < 1.29 is 9.53 Å². The summed E-state index contributed by atoms with van der Waals surface area (Å²) >= 11 is 0. The van der Waals surface area contributed by atoms with E-state index in [1.165, 1.54) is 25.7 Å². The summed E-state index contributed by atoms with van der Waals surface area (Å²) in [6.07, 6.45) is 6.89. The minimum atomic E-state index is -0.399. The number of anilines is 1. The molecular formula is C21H27N3O2. The SMILES string of the molecule is CCOc1ccc(NC(=O)/C(C#N)=C\NC(C)C2CC3CCC2C3)cc1. The van der Waals surface area contributed by atoms with Crippen LogP contribution in [0.25, 0.3) is 0 Å². The number of fused-ring (bicyclic) bond motifs is 2. The Morgan fingerprint density at radius 1 is 1.35 bits per heavy atom. The molecule has 2 aliphatic carbocycles. The van der Waals surface area contributed by atoms with E-state index in [1.54, 1.807) is 30.5 Å². The van der Waals surface area contributed by atoms with Crippen molar-refractivity contribution in [3.05, 3.63) is 36.0 Å². The third-order valence-electron chi connectivity index (χ3n) is 5.71. The van der Waals surface area contributed by atoms with E-state index in [0.29, 0.717) is 18.2 Å². The van der Waals surface area contributed by atoms with Crippen molar-refractivity contribution in [1.29, 1.82) is 5.26 Å². The maximum absolute atomic E-state index is 12.3. The highest BCUT2D eigenvalue weighted by Gasteiger charge is 2.41. The lowest BCUT2D eigenvalue weighted by atomic mass is 9.84. The van der Waals surface area contributed by atoms with Gasteiger partial charge in [-0.3, -0.25) is 4.79 Å². The summed E-state index contributed by atoms with van der Waals surface area (Å²) in [5.74, 6) is 2.70. The topological polar surface area (TPSA) is 74.1 Å². The van der Waals surface area contributed by atoms with Crippen molar-refractivity contribution in [1.82, 2.24) is 5.32 Å². The molecule has 3 rings (SSSR count). The molecule has 1 amide bonds. The number of hydrogen-bond acceptors (Lipinski definition) is 4. The second-order valence-corrected chi connectivity index (χ2v) is 7.38. The Labute approximate surface area is 155 Å². The van der Waals surface area contributed by atoms with Gasteiger partial charge in [-0.1, -0.05) is 6.42 Å². The van der Waals surface area contributed by atoms with Gasteiger partial charge in [0.1, 0.15) is 17.4 Å². The van der Waals surface area contributed by atoms with E-state index in [1.807, 2.05) is 13.0 Å². The van der Waals surface area contributed by atoms with Crippen LogP contribution in [0.15, 0.2) is 36.0 Å². The molecule has 138 valence electrons. The molecule has 0 heterocycles. The Balaban J connectivity index is 1.56. The summed E-state index contributed by atoms with van der Waals surface area (Å²) in [6.45, 7) is 4.67. The third kappa shape index (κ3) is 4.19. The molecule has 0 spiro atoms. The van der Waals surface area contributed by atoms with E-state index in [-0.39, 0.29) is 11.6 Å². The van der Waals surface area contributed by atoms with Crippen molar-refractivity contribution >= 4 is 11.6 Å². The summed E-state index contributed by atoms with van der Waals surface area (Å²) in [5.41, 5.74) is 0.731. The number of nitriles is 1. The quantitative estimate of drug-likeness (QED) is 0.577. The Hall–Kier alpha value is -2.48. The van der Waals surface area contributed by atoms with Crippen LogP contribution in [-0.4, -0.2) is 18.6 Å². The molecule has 2 bridgehead atoms. The molecule has 4 atom stereocenters. The number of carbonyl (C=O) groups is 1. The first kappa shape index (κ1) is 18.3. The molecule has 0 aromatic heterocycles. The van der Waals surface area contributed by atoms with Crippen molar-refractivity contribution in [2.24, 2.45) is 17.8 Å². The fraction of sp³-hybridized carbons (Fsp3) is 0.524. The molecule has 26 heavy (non-hydrogen) atoms. The van der Waals surface area contributed by atoms with Crippen LogP contribution in [-0.2, 0) is 4.79 Å². The number of amides is 1. The van der Waals surface area contributed by atoms with Gasteiger partial charge in [0.2, 0.25) is 0 Å². The summed E-state index contributed by atoms with van der Waals surface area (Å²) < 4.78 is 5.38. The van der Waals surface area contributed by atoms with Gasteiger partial charge in [0.25, 0.3) is 5.91 Å². The smallest absolute Gasteiger partial charge is 0.267 e. The minimum Gasteiger partial charge on any atom is -0.494 e. The summed E-state index contributed by atoms with van der Waals surface area (Å²) in [7, 11) is 0. The molecule has 0 radical (unpaired) electrons. The fourth-order valence-corrected chi connectivity index (χ4v) is 4.39. The summed E-state index contributed by atoms with van der Waals surface area (Å²) in [4.78, 5) is 12.3. The van der Waals surface area contributed by atoms with Gasteiger partial charge in [-0.25, -0.2) is 0 Å². The zero-order valence-electron chi connectivity index (χ0n) is 15.5. The zero-order valence-corrected chi connectivity index (χ0v) is 15.5. The molecule has 5 nitrogen and oxygen atoms in total. The van der Waals surface area contributed by atoms with Crippen molar-refractivity contribution in [2.45, 2.75) is 45.6 Å². The average molecular weight is 353 g/mol. The Morgan fingerprint density at radius 2 is 2.12 bits per heavy atom. The van der Waals surface area contributed by atoms with Gasteiger partial charge in [-0.2, -0.15) is 5.26 Å². The first-order chi connectivity index (χ1) is 12.6. The van der Waals surface area contributed by atoms with Crippen LogP contribution in [0.4, 0.5) is 5.69 Å². The van der Waals surface area contributed by atoms with Gasteiger partial charge >= 0.3 is 0 Å². The monoisotopic (exact) mass is 353 g/mol. The Kier molecular flexibility index (Phi) is 5.82. The Morgan fingerprint density at radius 3 is 2.69 bits per heavy atom. The van der Waals surface area contributed by atoms with Crippen LogP contribution < -0.4 is 15.4 Å². The molecule has 2 fully saturated rings. The van der Waals surface area contributed by atoms with Crippen LogP contribution >= 0.6 is 0 Å². The highest BCUT2D eigenvalue weighted by Crippen LogP contribution is 2.49. The highest BCUT2D eigenvalue weighted by molar-refractivity contribution is 6.06. The zero-order chi connectivity index (χ0) is 18.5. The van der Waals surface area contributed by atoms with E-state index in [4.69, 9.17) is 4.74 Å². The van der Waals surface area contributed by atoms with Gasteiger partial charge in [0, 0.05) is 17.9 Å². The first-order valence-corrected chi connectivity index (χ1v) is 9.51. The highest BCUT2D eigenvalue weighted by atomic mass is 16.5. The molecule has 0 saturated heterocycles. The number of carbonyl (C=O) groups excluding carboxylic acids is 1. The summed E-state index contributed by atoms with van der Waals surface area (Å²) in [6, 6.07) is 9.41. The predicted octanol–water partition coefficient (Wildman–Crippen LogP) is 3.85. The number of hydrogen-bond donors (Lipinski definition) is 2. The van der Waals surface area contributed by atoms with Gasteiger partial charge < -0.3 is 15.4 Å². The van der Waals surface area contributed by atoms with Crippen LogP contribution in [0.3, 0.4) is 0 Å². The minimum absolute atomic E-state index is 0.0916. The van der Waals surface area contributed by atoms with E-state index in [0.717, 1.165) is 17.6 Å². The van der Waals surface area contributed by atoms with Crippen molar-refractivity contribution in [3.8, 4) is 11.8 Å². The van der Waals surface area contributed by atoms with Gasteiger partial charge in [-0.15, -0.1) is 0 Å². The second kappa shape index (κ2) is 8.27. The van der Waals surface area contributed by atoms with Crippen molar-refractivity contribution in [3.63, 3.8) is 0 Å². The number of rotatable bonds is 7. The largest absolute Gasteiger partial charge is 0.494 e. The molecule has 1 aromatic rings. The van der Waals surface area contributed by atoms with E-state index >= 15 is 0 Å². The van der Waals surface area contributed by atoms with Gasteiger partial charge in [0.15, 0.2) is 0 Å².